The third-order valence-corrected chi connectivity index (χ3v) is 7.73. The van der Waals surface area contributed by atoms with Crippen molar-refractivity contribution in [2.45, 2.75) is 36.7 Å². The molecule has 2 heterocycles. The van der Waals surface area contributed by atoms with Gasteiger partial charge in [-0.2, -0.15) is 4.31 Å². The van der Waals surface area contributed by atoms with Gasteiger partial charge in [0.05, 0.1) is 10.4 Å². The third-order valence-electron chi connectivity index (χ3n) is 5.81. The van der Waals surface area contributed by atoms with Crippen molar-refractivity contribution in [1.29, 1.82) is 0 Å². The number of oxazole rings is 1. The van der Waals surface area contributed by atoms with Gasteiger partial charge in [-0.05, 0) is 57.3 Å². The molecule has 1 fully saturated rings. The van der Waals surface area contributed by atoms with Crippen LogP contribution in [0.4, 0.5) is 5.69 Å². The molecule has 9 nitrogen and oxygen atoms in total. The lowest BCUT2D eigenvalue weighted by atomic mass is 10.0. The Morgan fingerprint density at radius 2 is 1.91 bits per heavy atom. The molecule has 1 atom stereocenters. The zero-order valence-corrected chi connectivity index (χ0v) is 19.5. The summed E-state index contributed by atoms with van der Waals surface area (Å²) < 4.78 is 34.5. The summed E-state index contributed by atoms with van der Waals surface area (Å²) in [6, 6.07) is 12.3. The maximum absolute atomic E-state index is 13.2. The van der Waals surface area contributed by atoms with Gasteiger partial charge in [-0.3, -0.25) is 9.36 Å². The van der Waals surface area contributed by atoms with E-state index in [0.29, 0.717) is 49.3 Å². The number of anilines is 1. The van der Waals surface area contributed by atoms with Crippen LogP contribution in [0.25, 0.3) is 11.1 Å². The molecule has 1 saturated heterocycles. The van der Waals surface area contributed by atoms with E-state index in [0.717, 1.165) is 6.42 Å². The number of hydrogen-bond acceptors (Lipinski definition) is 6. The molecular formula is C23H28N4O5S. The standard InChI is InChI=1S/C23H28N4O5S/c1-25(2)14-15-26-20-16-17(11-12-21(20)32-23(26)29)24-22(28)19-10-6-7-13-27(19)33(30,31)18-8-4-3-5-9-18/h3-5,8-9,11-12,16,19H,6-7,10,13-15H2,1-2H3,(H,24,28). The average molecular weight is 473 g/mol. The third kappa shape index (κ3) is 4.87. The molecule has 10 heteroatoms. The van der Waals surface area contributed by atoms with Gasteiger partial charge in [0.1, 0.15) is 6.04 Å². The van der Waals surface area contributed by atoms with Crippen LogP contribution >= 0.6 is 0 Å². The maximum atomic E-state index is 13.2. The maximum Gasteiger partial charge on any atom is 0.419 e. The molecule has 176 valence electrons. The van der Waals surface area contributed by atoms with Gasteiger partial charge in [0.15, 0.2) is 5.58 Å². The van der Waals surface area contributed by atoms with Crippen LogP contribution in [0.5, 0.6) is 0 Å². The number of carbonyl (C=O) groups excluding carboxylic acids is 1. The predicted molar refractivity (Wildman–Crippen MR) is 126 cm³/mol. The van der Waals surface area contributed by atoms with Crippen LogP contribution in [0.15, 0.2) is 62.6 Å². The fraction of sp³-hybridized carbons (Fsp3) is 0.391. The van der Waals surface area contributed by atoms with Gasteiger partial charge in [-0.15, -0.1) is 0 Å². The minimum Gasteiger partial charge on any atom is -0.408 e. The van der Waals surface area contributed by atoms with E-state index in [-0.39, 0.29) is 10.8 Å². The zero-order valence-electron chi connectivity index (χ0n) is 18.7. The number of fused-ring (bicyclic) bond motifs is 1. The van der Waals surface area contributed by atoms with E-state index >= 15 is 0 Å². The largest absolute Gasteiger partial charge is 0.419 e. The lowest BCUT2D eigenvalue weighted by molar-refractivity contribution is -0.120. The first-order valence-electron chi connectivity index (χ1n) is 10.9. The zero-order chi connectivity index (χ0) is 23.6. The Labute approximate surface area is 192 Å². The number of nitrogens with zero attached hydrogens (tertiary/aromatic N) is 3. The molecule has 0 radical (unpaired) electrons. The Morgan fingerprint density at radius 1 is 1.15 bits per heavy atom. The van der Waals surface area contributed by atoms with Gasteiger partial charge in [0, 0.05) is 25.3 Å². The monoisotopic (exact) mass is 472 g/mol. The topological polar surface area (TPSA) is 105 Å². The molecule has 1 aromatic heterocycles. The van der Waals surface area contributed by atoms with Gasteiger partial charge in [0.25, 0.3) is 0 Å². The van der Waals surface area contributed by atoms with E-state index in [1.807, 2.05) is 19.0 Å². The first-order valence-corrected chi connectivity index (χ1v) is 12.4. The smallest absolute Gasteiger partial charge is 0.408 e. The van der Waals surface area contributed by atoms with Gasteiger partial charge < -0.3 is 14.6 Å². The molecule has 1 unspecified atom stereocenters. The molecule has 33 heavy (non-hydrogen) atoms. The molecule has 3 aromatic rings. The van der Waals surface area contributed by atoms with E-state index in [1.165, 1.54) is 8.87 Å². The fourth-order valence-electron chi connectivity index (χ4n) is 4.06. The Kier molecular flexibility index (Phi) is 6.68. The summed E-state index contributed by atoms with van der Waals surface area (Å²) in [4.78, 5) is 27.6. The molecule has 4 rings (SSSR count). The second-order valence-electron chi connectivity index (χ2n) is 8.44. The number of hydrogen-bond donors (Lipinski definition) is 1. The first kappa shape index (κ1) is 23.2. The quantitative estimate of drug-likeness (QED) is 0.566. The van der Waals surface area contributed by atoms with Crippen LogP contribution < -0.4 is 11.1 Å². The van der Waals surface area contributed by atoms with Crippen LogP contribution in [0.3, 0.4) is 0 Å². The van der Waals surface area contributed by atoms with Gasteiger partial charge in [0.2, 0.25) is 15.9 Å². The van der Waals surface area contributed by atoms with Crippen molar-refractivity contribution >= 4 is 32.7 Å². The summed E-state index contributed by atoms with van der Waals surface area (Å²) in [6.07, 6.45) is 1.91. The summed E-state index contributed by atoms with van der Waals surface area (Å²) in [6.45, 7) is 1.39. The molecule has 2 aromatic carbocycles. The first-order chi connectivity index (χ1) is 15.8. The Morgan fingerprint density at radius 3 is 2.64 bits per heavy atom. The van der Waals surface area contributed by atoms with E-state index in [1.54, 1.807) is 48.5 Å². The molecule has 0 bridgehead atoms. The molecular weight excluding hydrogens is 444 g/mol. The second-order valence-corrected chi connectivity index (χ2v) is 10.3. The summed E-state index contributed by atoms with van der Waals surface area (Å²) in [5.41, 5.74) is 1.49. The number of benzene rings is 2. The van der Waals surface area contributed by atoms with Crippen molar-refractivity contribution in [2.75, 3.05) is 32.5 Å². The van der Waals surface area contributed by atoms with E-state index in [9.17, 15) is 18.0 Å². The minimum atomic E-state index is -3.79. The Bertz CT molecular complexity index is 1300. The van der Waals surface area contributed by atoms with Gasteiger partial charge >= 0.3 is 5.76 Å². The minimum absolute atomic E-state index is 0.175. The molecule has 1 aliphatic heterocycles. The number of sulfonamides is 1. The Hall–Kier alpha value is -2.95. The summed E-state index contributed by atoms with van der Waals surface area (Å²) in [5.74, 6) is -0.845. The van der Waals surface area contributed by atoms with Crippen molar-refractivity contribution in [3.05, 3.63) is 59.1 Å². The van der Waals surface area contributed by atoms with E-state index < -0.39 is 21.8 Å². The lowest BCUT2D eigenvalue weighted by Crippen LogP contribution is -2.49. The van der Waals surface area contributed by atoms with Crippen molar-refractivity contribution in [3.63, 3.8) is 0 Å². The second kappa shape index (κ2) is 9.50. The number of amides is 1. The van der Waals surface area contributed by atoms with Gasteiger partial charge in [-0.25, -0.2) is 13.2 Å². The normalized spacial score (nSPS) is 17.5. The molecule has 0 aliphatic carbocycles. The highest BCUT2D eigenvalue weighted by Gasteiger charge is 2.37. The van der Waals surface area contributed by atoms with Crippen LogP contribution in [0, 0.1) is 0 Å². The average Bonchev–Trinajstić information content (AvgIpc) is 3.12. The lowest BCUT2D eigenvalue weighted by Gasteiger charge is -2.33. The fourth-order valence-corrected chi connectivity index (χ4v) is 5.74. The number of aromatic nitrogens is 1. The number of rotatable bonds is 7. The molecule has 1 amide bonds. The summed E-state index contributed by atoms with van der Waals surface area (Å²) in [7, 11) is 0.0355. The number of carbonyl (C=O) groups is 1. The van der Waals surface area contributed by atoms with E-state index in [2.05, 4.69) is 5.32 Å². The molecule has 1 N–H and O–H groups in total. The number of likely N-dealkylation sites (N-methyl/N-ethyl adjacent to an activating group) is 1. The number of nitrogens with one attached hydrogen (secondary N) is 1. The van der Waals surface area contributed by atoms with Crippen LogP contribution in [-0.4, -0.2) is 61.3 Å². The summed E-state index contributed by atoms with van der Waals surface area (Å²) >= 11 is 0. The molecule has 0 spiro atoms. The van der Waals surface area contributed by atoms with Crippen LogP contribution in [0.2, 0.25) is 0 Å². The van der Waals surface area contributed by atoms with Gasteiger partial charge in [-0.1, -0.05) is 24.6 Å². The van der Waals surface area contributed by atoms with Crippen LogP contribution in [-0.2, 0) is 21.4 Å². The van der Waals surface area contributed by atoms with Crippen molar-refractivity contribution in [1.82, 2.24) is 13.8 Å². The SMILES string of the molecule is CN(C)CCn1c(=O)oc2ccc(NC(=O)C3CCCCN3S(=O)(=O)c3ccccc3)cc21. The molecule has 1 aliphatic rings. The van der Waals surface area contributed by atoms with Crippen molar-refractivity contribution in [3.8, 4) is 0 Å². The van der Waals surface area contributed by atoms with Crippen molar-refractivity contribution < 1.29 is 17.6 Å². The molecule has 0 saturated carbocycles. The van der Waals surface area contributed by atoms with Crippen molar-refractivity contribution in [2.24, 2.45) is 0 Å². The predicted octanol–water partition coefficient (Wildman–Crippen LogP) is 2.34. The summed E-state index contributed by atoms with van der Waals surface area (Å²) in [5, 5.41) is 2.85. The Balaban J connectivity index is 1.58. The highest BCUT2D eigenvalue weighted by Crippen LogP contribution is 2.27. The van der Waals surface area contributed by atoms with Crippen LogP contribution in [0.1, 0.15) is 19.3 Å². The van der Waals surface area contributed by atoms with E-state index in [4.69, 9.17) is 4.42 Å². The highest BCUT2D eigenvalue weighted by molar-refractivity contribution is 7.89. The highest BCUT2D eigenvalue weighted by atomic mass is 32.2. The number of piperidine rings is 1.